The van der Waals surface area contributed by atoms with E-state index in [9.17, 15) is 10.2 Å². The molecule has 1 aromatic heterocycles. The van der Waals surface area contributed by atoms with E-state index in [1.54, 1.807) is 6.07 Å². The van der Waals surface area contributed by atoms with Gasteiger partial charge < -0.3 is 10.2 Å². The van der Waals surface area contributed by atoms with Crippen LogP contribution in [0.2, 0.25) is 0 Å². The lowest BCUT2D eigenvalue weighted by Crippen LogP contribution is -2.13. The summed E-state index contributed by atoms with van der Waals surface area (Å²) in [5, 5.41) is 29.3. The molecule has 0 amide bonds. The summed E-state index contributed by atoms with van der Waals surface area (Å²) in [6.45, 7) is 2.01. The van der Waals surface area contributed by atoms with Crippen molar-refractivity contribution in [2.24, 2.45) is 10.2 Å². The van der Waals surface area contributed by atoms with E-state index in [0.29, 0.717) is 5.56 Å². The van der Waals surface area contributed by atoms with Gasteiger partial charge in [0, 0.05) is 28.4 Å². The Morgan fingerprint density at radius 1 is 1.09 bits per heavy atom. The number of nitrogens with zero attached hydrogens (tertiary/aromatic N) is 3. The van der Waals surface area contributed by atoms with Crippen LogP contribution in [0.3, 0.4) is 0 Å². The van der Waals surface area contributed by atoms with Crippen LogP contribution in [-0.2, 0) is 0 Å². The molecule has 2 aromatic carbocycles. The normalized spacial score (nSPS) is 12.1. The number of hydrogen-bond donors (Lipinski definition) is 2. The minimum absolute atomic E-state index is 0.00684. The molecule has 0 aliphatic rings. The molecule has 1 heterocycles. The molecule has 23 heavy (non-hydrogen) atoms. The number of para-hydroxylation sites is 1. The molecule has 0 aliphatic heterocycles. The molecule has 0 atom stereocenters. The summed E-state index contributed by atoms with van der Waals surface area (Å²) < 4.78 is 2.01. The fourth-order valence-corrected chi connectivity index (χ4v) is 2.97. The predicted octanol–water partition coefficient (Wildman–Crippen LogP) is 3.19. The molecule has 3 rings (SSSR count). The highest BCUT2D eigenvalue weighted by Crippen LogP contribution is 2.20. The van der Waals surface area contributed by atoms with Crippen LogP contribution in [0.25, 0.3) is 5.69 Å². The lowest BCUT2D eigenvalue weighted by atomic mass is 10.2. The highest BCUT2D eigenvalue weighted by molar-refractivity contribution is 7.07. The lowest BCUT2D eigenvalue weighted by molar-refractivity contribution is 0.450. The number of phenols is 2. The van der Waals surface area contributed by atoms with Crippen molar-refractivity contribution in [3.8, 4) is 17.2 Å². The summed E-state index contributed by atoms with van der Waals surface area (Å²) in [4.78, 5) is 0.739. The van der Waals surface area contributed by atoms with Crippen LogP contribution in [0.4, 0.5) is 0 Å². The molecular weight excluding hydrogens is 310 g/mol. The van der Waals surface area contributed by atoms with Crippen LogP contribution in [0.15, 0.2) is 64.1 Å². The number of aromatic nitrogens is 1. The number of aromatic hydroxyl groups is 2. The first-order valence-electron chi connectivity index (χ1n) is 6.97. The summed E-state index contributed by atoms with van der Waals surface area (Å²) in [6, 6.07) is 14.3. The van der Waals surface area contributed by atoms with E-state index in [4.69, 9.17) is 0 Å². The molecule has 0 bridgehead atoms. The summed E-state index contributed by atoms with van der Waals surface area (Å²) in [6.07, 6.45) is 1.46. The van der Waals surface area contributed by atoms with Gasteiger partial charge >= 0.3 is 0 Å². The smallest absolute Gasteiger partial charge is 0.215 e. The zero-order valence-electron chi connectivity index (χ0n) is 12.4. The van der Waals surface area contributed by atoms with Gasteiger partial charge in [-0.3, -0.25) is 4.57 Å². The molecule has 3 aromatic rings. The first-order valence-corrected chi connectivity index (χ1v) is 7.85. The number of phenolic OH excluding ortho intramolecular Hbond substituents is 2. The Morgan fingerprint density at radius 3 is 2.61 bits per heavy atom. The second-order valence-electron chi connectivity index (χ2n) is 4.92. The van der Waals surface area contributed by atoms with E-state index in [0.717, 1.165) is 16.2 Å². The zero-order chi connectivity index (χ0) is 16.2. The Kier molecular flexibility index (Phi) is 4.25. The quantitative estimate of drug-likeness (QED) is 0.573. The molecule has 0 unspecified atom stereocenters. The lowest BCUT2D eigenvalue weighted by Gasteiger charge is -2.04. The highest BCUT2D eigenvalue weighted by Gasteiger charge is 2.03. The van der Waals surface area contributed by atoms with E-state index in [1.807, 2.05) is 47.2 Å². The molecular formula is C17H15N3O2S. The van der Waals surface area contributed by atoms with Crippen LogP contribution in [0, 0.1) is 6.92 Å². The molecule has 5 nitrogen and oxygen atoms in total. The maximum atomic E-state index is 9.73. The van der Waals surface area contributed by atoms with Gasteiger partial charge in [-0.25, -0.2) is 0 Å². The van der Waals surface area contributed by atoms with Gasteiger partial charge in [0.15, 0.2) is 0 Å². The fraction of sp³-hybridized carbons (Fsp3) is 0.0588. The monoisotopic (exact) mass is 325 g/mol. The van der Waals surface area contributed by atoms with Gasteiger partial charge in [-0.1, -0.05) is 18.2 Å². The number of hydrogen-bond acceptors (Lipinski definition) is 5. The van der Waals surface area contributed by atoms with E-state index < -0.39 is 0 Å². The topological polar surface area (TPSA) is 70.1 Å². The Bertz CT molecular complexity index is 911. The number of thiazole rings is 1. The summed E-state index contributed by atoms with van der Waals surface area (Å²) in [5.41, 5.74) is 2.58. The Labute approximate surface area is 137 Å². The first kappa shape index (κ1) is 15.1. The van der Waals surface area contributed by atoms with Gasteiger partial charge in [0.2, 0.25) is 4.80 Å². The van der Waals surface area contributed by atoms with Gasteiger partial charge in [-0.2, -0.15) is 5.10 Å². The Balaban J connectivity index is 1.97. The van der Waals surface area contributed by atoms with Crippen molar-refractivity contribution >= 4 is 17.6 Å². The molecule has 0 saturated heterocycles. The number of aryl methyl sites for hydroxylation is 1. The number of rotatable bonds is 3. The van der Waals surface area contributed by atoms with Crippen LogP contribution >= 0.6 is 11.3 Å². The first-order chi connectivity index (χ1) is 11.1. The van der Waals surface area contributed by atoms with E-state index in [1.165, 1.54) is 29.7 Å². The van der Waals surface area contributed by atoms with Crippen molar-refractivity contribution in [3.05, 3.63) is 70.0 Å². The molecule has 0 fully saturated rings. The van der Waals surface area contributed by atoms with Crippen molar-refractivity contribution in [2.75, 3.05) is 0 Å². The van der Waals surface area contributed by atoms with Gasteiger partial charge in [-0.05, 0) is 31.2 Å². The van der Waals surface area contributed by atoms with Gasteiger partial charge in [0.05, 0.1) is 6.21 Å². The van der Waals surface area contributed by atoms with Gasteiger partial charge in [0.1, 0.15) is 11.5 Å². The minimum atomic E-state index is -0.0396. The third-order valence-electron chi connectivity index (χ3n) is 3.25. The van der Waals surface area contributed by atoms with Crippen molar-refractivity contribution in [1.82, 2.24) is 4.57 Å². The van der Waals surface area contributed by atoms with Crippen LogP contribution in [0.5, 0.6) is 11.5 Å². The van der Waals surface area contributed by atoms with Gasteiger partial charge in [-0.15, -0.1) is 16.4 Å². The highest BCUT2D eigenvalue weighted by atomic mass is 32.1. The second kappa shape index (κ2) is 6.50. The number of benzene rings is 2. The van der Waals surface area contributed by atoms with Crippen molar-refractivity contribution in [1.29, 1.82) is 0 Å². The average molecular weight is 325 g/mol. The molecule has 6 heteroatoms. The minimum Gasteiger partial charge on any atom is -0.508 e. The largest absolute Gasteiger partial charge is 0.508 e. The van der Waals surface area contributed by atoms with Crippen LogP contribution < -0.4 is 4.80 Å². The maximum absolute atomic E-state index is 9.73. The van der Waals surface area contributed by atoms with Crippen molar-refractivity contribution in [3.63, 3.8) is 0 Å². The summed E-state index contributed by atoms with van der Waals surface area (Å²) in [5.74, 6) is -0.0327. The average Bonchev–Trinajstić information content (AvgIpc) is 2.91. The maximum Gasteiger partial charge on any atom is 0.215 e. The molecule has 0 aliphatic carbocycles. The molecule has 116 valence electrons. The standard InChI is InChI=1S/C17H15N3O2S/c1-12-11-23-17(20(12)14-5-3-2-4-6-14)19-18-10-13-7-8-15(21)9-16(13)22/h2-11,21-22H,1H3. The van der Waals surface area contributed by atoms with Crippen molar-refractivity contribution in [2.45, 2.75) is 6.92 Å². The Morgan fingerprint density at radius 2 is 1.87 bits per heavy atom. The van der Waals surface area contributed by atoms with Crippen LogP contribution in [-0.4, -0.2) is 21.0 Å². The Hall–Kier alpha value is -2.86. The molecule has 0 spiro atoms. The molecule has 0 radical (unpaired) electrons. The molecule has 2 N–H and O–H groups in total. The van der Waals surface area contributed by atoms with E-state index in [2.05, 4.69) is 10.2 Å². The molecule has 0 saturated carbocycles. The summed E-state index contributed by atoms with van der Waals surface area (Å²) >= 11 is 1.49. The van der Waals surface area contributed by atoms with E-state index >= 15 is 0 Å². The second-order valence-corrected chi connectivity index (χ2v) is 5.75. The van der Waals surface area contributed by atoms with E-state index in [-0.39, 0.29) is 11.5 Å². The van der Waals surface area contributed by atoms with Crippen molar-refractivity contribution < 1.29 is 10.2 Å². The zero-order valence-corrected chi connectivity index (χ0v) is 13.2. The summed E-state index contributed by atoms with van der Waals surface area (Å²) in [7, 11) is 0. The third-order valence-corrected chi connectivity index (χ3v) is 4.18. The predicted molar refractivity (Wildman–Crippen MR) is 91.3 cm³/mol. The SMILES string of the molecule is Cc1csc(=NN=Cc2ccc(O)cc2O)n1-c1ccccc1. The third kappa shape index (κ3) is 3.32. The van der Waals surface area contributed by atoms with Crippen LogP contribution in [0.1, 0.15) is 11.3 Å². The fourth-order valence-electron chi connectivity index (χ4n) is 2.14. The van der Waals surface area contributed by atoms with Gasteiger partial charge in [0.25, 0.3) is 0 Å².